The van der Waals surface area contributed by atoms with Crippen molar-refractivity contribution in [1.29, 1.82) is 0 Å². The Bertz CT molecular complexity index is 901. The van der Waals surface area contributed by atoms with Gasteiger partial charge in [0.15, 0.2) is 11.5 Å². The number of nitrogens with zero attached hydrogens (tertiary/aromatic N) is 3. The summed E-state index contributed by atoms with van der Waals surface area (Å²) >= 11 is 0. The lowest BCUT2D eigenvalue weighted by Crippen LogP contribution is -2.38. The van der Waals surface area contributed by atoms with Crippen LogP contribution in [0.2, 0.25) is 0 Å². The van der Waals surface area contributed by atoms with E-state index < -0.39 is 0 Å². The van der Waals surface area contributed by atoms with Crippen molar-refractivity contribution in [3.05, 3.63) is 54.2 Å². The SMILES string of the molecule is COc1cc2nncc(N3CCOC(c4ccccc4)C3)c2cc1OC. The maximum absolute atomic E-state index is 5.99. The maximum Gasteiger partial charge on any atom is 0.162 e. The van der Waals surface area contributed by atoms with Crippen molar-refractivity contribution in [2.24, 2.45) is 0 Å². The van der Waals surface area contributed by atoms with Crippen LogP contribution < -0.4 is 14.4 Å². The van der Waals surface area contributed by atoms with E-state index in [1.807, 2.05) is 36.5 Å². The molecular weight excluding hydrogens is 330 g/mol. The zero-order valence-electron chi connectivity index (χ0n) is 14.9. The van der Waals surface area contributed by atoms with Crippen molar-refractivity contribution in [3.8, 4) is 11.5 Å². The Morgan fingerprint density at radius 2 is 1.85 bits per heavy atom. The van der Waals surface area contributed by atoms with Gasteiger partial charge in [-0.3, -0.25) is 0 Å². The number of benzene rings is 2. The highest BCUT2D eigenvalue weighted by molar-refractivity contribution is 5.93. The van der Waals surface area contributed by atoms with Crippen LogP contribution in [0.1, 0.15) is 11.7 Å². The van der Waals surface area contributed by atoms with Crippen molar-refractivity contribution in [2.45, 2.75) is 6.10 Å². The van der Waals surface area contributed by atoms with E-state index >= 15 is 0 Å². The molecule has 1 aliphatic rings. The smallest absolute Gasteiger partial charge is 0.162 e. The number of hydrogen-bond acceptors (Lipinski definition) is 6. The van der Waals surface area contributed by atoms with E-state index in [1.165, 1.54) is 5.56 Å². The van der Waals surface area contributed by atoms with Gasteiger partial charge in [-0.1, -0.05) is 30.3 Å². The van der Waals surface area contributed by atoms with Crippen LogP contribution in [0.25, 0.3) is 10.9 Å². The number of methoxy groups -OCH3 is 2. The van der Waals surface area contributed by atoms with Gasteiger partial charge in [0.05, 0.1) is 38.2 Å². The average Bonchev–Trinajstić information content (AvgIpc) is 2.73. The van der Waals surface area contributed by atoms with Crippen molar-refractivity contribution in [1.82, 2.24) is 10.2 Å². The van der Waals surface area contributed by atoms with Crippen molar-refractivity contribution in [3.63, 3.8) is 0 Å². The fraction of sp³-hybridized carbons (Fsp3) is 0.300. The summed E-state index contributed by atoms with van der Waals surface area (Å²) in [6.07, 6.45) is 1.84. The molecule has 0 aliphatic carbocycles. The minimum Gasteiger partial charge on any atom is -0.493 e. The first-order valence-corrected chi connectivity index (χ1v) is 8.59. The van der Waals surface area contributed by atoms with Crippen LogP contribution in [-0.2, 0) is 4.74 Å². The Hall–Kier alpha value is -2.86. The highest BCUT2D eigenvalue weighted by atomic mass is 16.5. The largest absolute Gasteiger partial charge is 0.493 e. The van der Waals surface area contributed by atoms with E-state index in [1.54, 1.807) is 14.2 Å². The van der Waals surface area contributed by atoms with Crippen LogP contribution in [0.5, 0.6) is 11.5 Å². The van der Waals surface area contributed by atoms with Crippen molar-refractivity contribution in [2.75, 3.05) is 38.8 Å². The first-order chi connectivity index (χ1) is 12.8. The van der Waals surface area contributed by atoms with Crippen LogP contribution in [0.15, 0.2) is 48.7 Å². The fourth-order valence-corrected chi connectivity index (χ4v) is 3.36. The van der Waals surface area contributed by atoms with Gasteiger partial charge in [-0.25, -0.2) is 0 Å². The molecule has 26 heavy (non-hydrogen) atoms. The highest BCUT2D eigenvalue weighted by Crippen LogP contribution is 2.36. The Morgan fingerprint density at radius 3 is 2.62 bits per heavy atom. The minimum absolute atomic E-state index is 0.0355. The molecular formula is C20H21N3O3. The van der Waals surface area contributed by atoms with Crippen LogP contribution >= 0.6 is 0 Å². The number of hydrogen-bond donors (Lipinski definition) is 0. The molecule has 1 fully saturated rings. The molecule has 134 valence electrons. The lowest BCUT2D eigenvalue weighted by molar-refractivity contribution is 0.0399. The average molecular weight is 351 g/mol. The third-order valence-electron chi connectivity index (χ3n) is 4.70. The Labute approximate surface area is 152 Å². The summed E-state index contributed by atoms with van der Waals surface area (Å²) in [5.41, 5.74) is 2.99. The molecule has 1 saturated heterocycles. The Kier molecular flexibility index (Phi) is 4.58. The molecule has 4 rings (SSSR count). The van der Waals surface area contributed by atoms with Gasteiger partial charge in [0, 0.05) is 24.5 Å². The molecule has 1 aromatic heterocycles. The summed E-state index contributed by atoms with van der Waals surface area (Å²) in [6.45, 7) is 2.23. The number of rotatable bonds is 4. The molecule has 2 aromatic carbocycles. The zero-order valence-corrected chi connectivity index (χ0v) is 14.9. The lowest BCUT2D eigenvalue weighted by atomic mass is 10.1. The number of morpholine rings is 1. The van der Waals surface area contributed by atoms with Crippen molar-refractivity contribution >= 4 is 16.6 Å². The van der Waals surface area contributed by atoms with Gasteiger partial charge in [-0.05, 0) is 11.6 Å². The molecule has 2 heterocycles. The quantitative estimate of drug-likeness (QED) is 0.719. The van der Waals surface area contributed by atoms with E-state index in [0.29, 0.717) is 18.1 Å². The molecule has 3 aromatic rings. The zero-order chi connectivity index (χ0) is 17.9. The second kappa shape index (κ2) is 7.17. The molecule has 0 N–H and O–H groups in total. The third-order valence-corrected chi connectivity index (χ3v) is 4.70. The van der Waals surface area contributed by atoms with Crippen LogP contribution in [0.3, 0.4) is 0 Å². The van der Waals surface area contributed by atoms with Crippen LogP contribution in [0.4, 0.5) is 5.69 Å². The predicted molar refractivity (Wildman–Crippen MR) is 100.0 cm³/mol. The number of fused-ring (bicyclic) bond motifs is 1. The molecule has 0 spiro atoms. The molecule has 6 heteroatoms. The van der Waals surface area contributed by atoms with Gasteiger partial charge in [0.1, 0.15) is 6.10 Å². The molecule has 6 nitrogen and oxygen atoms in total. The first kappa shape index (κ1) is 16.6. The third kappa shape index (κ3) is 3.04. The van der Waals surface area contributed by atoms with E-state index in [4.69, 9.17) is 14.2 Å². The van der Waals surface area contributed by atoms with Gasteiger partial charge in [0.25, 0.3) is 0 Å². The van der Waals surface area contributed by atoms with E-state index in [0.717, 1.165) is 29.7 Å². The summed E-state index contributed by atoms with van der Waals surface area (Å²) in [4.78, 5) is 2.30. The van der Waals surface area contributed by atoms with E-state index in [-0.39, 0.29) is 6.10 Å². The van der Waals surface area contributed by atoms with Gasteiger partial charge in [0.2, 0.25) is 0 Å². The number of anilines is 1. The molecule has 0 bridgehead atoms. The second-order valence-electron chi connectivity index (χ2n) is 6.17. The number of aromatic nitrogens is 2. The molecule has 0 radical (unpaired) electrons. The van der Waals surface area contributed by atoms with E-state index in [9.17, 15) is 0 Å². The van der Waals surface area contributed by atoms with Gasteiger partial charge in [-0.15, -0.1) is 0 Å². The van der Waals surface area contributed by atoms with Crippen LogP contribution in [0, 0.1) is 0 Å². The highest BCUT2D eigenvalue weighted by Gasteiger charge is 2.24. The second-order valence-corrected chi connectivity index (χ2v) is 6.17. The number of ether oxygens (including phenoxy) is 3. The summed E-state index contributed by atoms with van der Waals surface area (Å²) in [5.74, 6) is 1.33. The summed E-state index contributed by atoms with van der Waals surface area (Å²) < 4.78 is 16.8. The maximum atomic E-state index is 5.99. The predicted octanol–water partition coefficient (Wildman–Crippen LogP) is 3.22. The molecule has 0 saturated carbocycles. The minimum atomic E-state index is 0.0355. The fourth-order valence-electron chi connectivity index (χ4n) is 3.36. The molecule has 1 unspecified atom stereocenters. The van der Waals surface area contributed by atoms with E-state index in [2.05, 4.69) is 27.2 Å². The molecule has 1 aliphatic heterocycles. The topological polar surface area (TPSA) is 56.7 Å². The lowest BCUT2D eigenvalue weighted by Gasteiger charge is -2.35. The Morgan fingerprint density at radius 1 is 1.08 bits per heavy atom. The summed E-state index contributed by atoms with van der Waals surface area (Å²) in [7, 11) is 3.26. The summed E-state index contributed by atoms with van der Waals surface area (Å²) in [5, 5.41) is 9.43. The summed E-state index contributed by atoms with van der Waals surface area (Å²) in [6, 6.07) is 14.1. The normalized spacial score (nSPS) is 17.3. The molecule has 0 amide bonds. The monoisotopic (exact) mass is 351 g/mol. The standard InChI is InChI=1S/C20H21N3O3/c1-24-18-10-15-16(11-19(18)25-2)22-21-12-17(15)23-8-9-26-20(13-23)14-6-4-3-5-7-14/h3-7,10-12,20H,8-9,13H2,1-2H3. The first-order valence-electron chi connectivity index (χ1n) is 8.59. The molecule has 1 atom stereocenters. The van der Waals surface area contributed by atoms with Crippen molar-refractivity contribution < 1.29 is 14.2 Å². The Balaban J connectivity index is 1.71. The van der Waals surface area contributed by atoms with Gasteiger partial charge in [-0.2, -0.15) is 10.2 Å². The van der Waals surface area contributed by atoms with Gasteiger partial charge >= 0.3 is 0 Å². The van der Waals surface area contributed by atoms with Crippen LogP contribution in [-0.4, -0.2) is 44.1 Å². The van der Waals surface area contributed by atoms with Gasteiger partial charge < -0.3 is 19.1 Å².